The quantitative estimate of drug-likeness (QED) is 0.321. The molecule has 1 saturated carbocycles. The Bertz CT molecular complexity index is 216. The first-order valence-corrected chi connectivity index (χ1v) is 4.04. The van der Waals surface area contributed by atoms with Gasteiger partial charge in [0, 0.05) is 0 Å². The van der Waals surface area contributed by atoms with Crippen molar-refractivity contribution in [2.24, 2.45) is 11.8 Å². The second kappa shape index (κ2) is 2.11. The molecule has 2 aliphatic rings. The van der Waals surface area contributed by atoms with Gasteiger partial charge in [-0.05, 0) is 0 Å². The largest absolute Gasteiger partial charge is 0.393 e. The average Bonchev–Trinajstić information content (AvgIpc) is 2.21. The van der Waals surface area contributed by atoms with Gasteiger partial charge in [-0.2, -0.15) is 0 Å². The van der Waals surface area contributed by atoms with Gasteiger partial charge in [-0.1, -0.05) is 0 Å². The summed E-state index contributed by atoms with van der Waals surface area (Å²) < 4.78 is 4.34. The number of alkyl halides is 2. The molecule has 0 amide bonds. The zero-order valence-electron chi connectivity index (χ0n) is 5.29. The van der Waals surface area contributed by atoms with Crippen LogP contribution in [0.5, 0.6) is 0 Å². The lowest BCUT2D eigenvalue weighted by molar-refractivity contribution is -0.153. The molecule has 2 rings (SSSR count). The number of cyclic esters (lactones) is 2. The van der Waals surface area contributed by atoms with Crippen molar-refractivity contribution in [1.82, 2.24) is 0 Å². The molecule has 1 aliphatic carbocycles. The van der Waals surface area contributed by atoms with Crippen molar-refractivity contribution in [3.8, 4) is 0 Å². The molecule has 0 bridgehead atoms. The second-order valence-electron chi connectivity index (χ2n) is 2.68. The van der Waals surface area contributed by atoms with Crippen LogP contribution in [-0.4, -0.2) is 22.7 Å². The third-order valence-corrected chi connectivity index (χ3v) is 3.34. The Kier molecular flexibility index (Phi) is 1.41. The number of hydrogen-bond acceptors (Lipinski definition) is 3. The van der Waals surface area contributed by atoms with Crippen LogP contribution in [0, 0.1) is 11.8 Å². The lowest BCUT2D eigenvalue weighted by Gasteiger charge is -2.35. The Morgan fingerprint density at radius 1 is 1.00 bits per heavy atom. The SMILES string of the molecule is O=C1OC(=O)[C@H]2[C@@H](Cl)[C@@H](Cl)[C@H]12. The molecule has 1 aliphatic heterocycles. The minimum atomic E-state index is -0.531. The highest BCUT2D eigenvalue weighted by Gasteiger charge is 2.62. The maximum absolute atomic E-state index is 10.8. The van der Waals surface area contributed by atoms with Gasteiger partial charge in [0.1, 0.15) is 0 Å². The fourth-order valence-corrected chi connectivity index (χ4v) is 2.27. The molecule has 0 aromatic rings. The van der Waals surface area contributed by atoms with Gasteiger partial charge in [0.15, 0.2) is 0 Å². The van der Waals surface area contributed by atoms with Crippen molar-refractivity contribution in [3.63, 3.8) is 0 Å². The highest BCUT2D eigenvalue weighted by molar-refractivity contribution is 6.35. The molecule has 0 unspecified atom stereocenters. The number of esters is 2. The van der Waals surface area contributed by atoms with Gasteiger partial charge in [0.05, 0.1) is 22.6 Å². The first-order valence-electron chi connectivity index (χ1n) is 3.16. The lowest BCUT2D eigenvalue weighted by Crippen LogP contribution is -2.51. The minimum absolute atomic E-state index is 0.444. The van der Waals surface area contributed by atoms with Crippen LogP contribution < -0.4 is 0 Å². The maximum atomic E-state index is 10.8. The minimum Gasteiger partial charge on any atom is -0.393 e. The number of hydrogen-bond donors (Lipinski definition) is 0. The van der Waals surface area contributed by atoms with Crippen LogP contribution in [0.3, 0.4) is 0 Å². The first-order chi connectivity index (χ1) is 5.13. The fraction of sp³-hybridized carbons (Fsp3) is 0.667. The van der Waals surface area contributed by atoms with Gasteiger partial charge in [-0.15, -0.1) is 23.2 Å². The van der Waals surface area contributed by atoms with Crippen molar-refractivity contribution < 1.29 is 14.3 Å². The highest BCUT2D eigenvalue weighted by Crippen LogP contribution is 2.47. The summed E-state index contributed by atoms with van der Waals surface area (Å²) in [5.74, 6) is -2.05. The summed E-state index contributed by atoms with van der Waals surface area (Å²) in [4.78, 5) is 21.6. The van der Waals surface area contributed by atoms with Crippen molar-refractivity contribution in [2.75, 3.05) is 0 Å². The van der Waals surface area contributed by atoms with E-state index in [1.807, 2.05) is 0 Å². The molecule has 1 heterocycles. The molecule has 0 spiro atoms. The van der Waals surface area contributed by atoms with Crippen LogP contribution in [0.15, 0.2) is 0 Å². The van der Waals surface area contributed by atoms with Crippen LogP contribution >= 0.6 is 23.2 Å². The summed E-state index contributed by atoms with van der Waals surface area (Å²) in [6.07, 6.45) is 0. The Morgan fingerprint density at radius 3 is 1.73 bits per heavy atom. The number of ether oxygens (including phenoxy) is 1. The molecule has 60 valence electrons. The molecule has 0 N–H and O–H groups in total. The van der Waals surface area contributed by atoms with E-state index in [0.29, 0.717) is 0 Å². The zero-order chi connectivity index (χ0) is 8.17. The first kappa shape index (κ1) is 7.37. The third kappa shape index (κ3) is 0.754. The summed E-state index contributed by atoms with van der Waals surface area (Å²) >= 11 is 11.4. The van der Waals surface area contributed by atoms with Crippen LogP contribution in [0.2, 0.25) is 0 Å². The van der Waals surface area contributed by atoms with E-state index in [2.05, 4.69) is 4.74 Å². The van der Waals surface area contributed by atoms with Gasteiger partial charge >= 0.3 is 11.9 Å². The van der Waals surface area contributed by atoms with Crippen molar-refractivity contribution in [3.05, 3.63) is 0 Å². The summed E-state index contributed by atoms with van der Waals surface area (Å²) in [6, 6.07) is 0. The van der Waals surface area contributed by atoms with E-state index in [1.54, 1.807) is 0 Å². The smallest absolute Gasteiger partial charge is 0.319 e. The normalized spacial score (nSPS) is 48.2. The monoisotopic (exact) mass is 194 g/mol. The lowest BCUT2D eigenvalue weighted by atomic mass is 9.74. The second-order valence-corrected chi connectivity index (χ2v) is 3.69. The average molecular weight is 195 g/mol. The van der Waals surface area contributed by atoms with Gasteiger partial charge in [-0.3, -0.25) is 9.59 Å². The number of halogens is 2. The Balaban J connectivity index is 2.26. The molecule has 4 atom stereocenters. The number of carbonyl (C=O) groups excluding carboxylic acids is 2. The van der Waals surface area contributed by atoms with Gasteiger partial charge in [0.25, 0.3) is 0 Å². The number of rotatable bonds is 0. The van der Waals surface area contributed by atoms with Gasteiger partial charge < -0.3 is 4.74 Å². The fourth-order valence-electron chi connectivity index (χ4n) is 1.44. The topological polar surface area (TPSA) is 43.4 Å². The number of carbonyl (C=O) groups is 2. The molecule has 0 aromatic carbocycles. The molecule has 2 fully saturated rings. The van der Waals surface area contributed by atoms with E-state index in [4.69, 9.17) is 23.2 Å². The van der Waals surface area contributed by atoms with Crippen molar-refractivity contribution in [2.45, 2.75) is 10.8 Å². The molecule has 0 aromatic heterocycles. The maximum Gasteiger partial charge on any atom is 0.319 e. The zero-order valence-corrected chi connectivity index (χ0v) is 6.80. The molecule has 11 heavy (non-hydrogen) atoms. The van der Waals surface area contributed by atoms with Crippen molar-refractivity contribution in [1.29, 1.82) is 0 Å². The Labute approximate surface area is 72.6 Å². The van der Waals surface area contributed by atoms with E-state index in [-0.39, 0.29) is 0 Å². The van der Waals surface area contributed by atoms with E-state index in [1.165, 1.54) is 0 Å². The molecule has 1 saturated heterocycles. The molecular weight excluding hydrogens is 191 g/mol. The summed E-state index contributed by atoms with van der Waals surface area (Å²) in [7, 11) is 0. The summed E-state index contributed by atoms with van der Waals surface area (Å²) in [5, 5.41) is -0.888. The summed E-state index contributed by atoms with van der Waals surface area (Å²) in [5.41, 5.74) is 0. The number of fused-ring (bicyclic) bond motifs is 1. The van der Waals surface area contributed by atoms with E-state index in [9.17, 15) is 9.59 Å². The van der Waals surface area contributed by atoms with E-state index >= 15 is 0 Å². The third-order valence-electron chi connectivity index (χ3n) is 2.12. The van der Waals surface area contributed by atoms with Crippen LogP contribution in [0.4, 0.5) is 0 Å². The van der Waals surface area contributed by atoms with Gasteiger partial charge in [0.2, 0.25) is 0 Å². The molecule has 0 radical (unpaired) electrons. The highest BCUT2D eigenvalue weighted by atomic mass is 35.5. The standard InChI is InChI=1S/C6H4Cl2O3/c7-3-1-2(4(3)8)6(10)11-5(1)9/h1-4H/t1-,2-,3-,4+/m1/s1. The Hall–Kier alpha value is -0.280. The Morgan fingerprint density at radius 2 is 1.36 bits per heavy atom. The molecular formula is C6H4Cl2O3. The van der Waals surface area contributed by atoms with Crippen molar-refractivity contribution >= 4 is 35.1 Å². The summed E-state index contributed by atoms with van der Waals surface area (Å²) in [6.45, 7) is 0. The van der Waals surface area contributed by atoms with Crippen LogP contribution in [0.25, 0.3) is 0 Å². The van der Waals surface area contributed by atoms with E-state index in [0.717, 1.165) is 0 Å². The van der Waals surface area contributed by atoms with Gasteiger partial charge in [-0.25, -0.2) is 0 Å². The van der Waals surface area contributed by atoms with Crippen LogP contribution in [-0.2, 0) is 14.3 Å². The molecule has 3 nitrogen and oxygen atoms in total. The van der Waals surface area contributed by atoms with E-state index < -0.39 is 34.5 Å². The molecule has 5 heteroatoms. The predicted molar refractivity (Wildman–Crippen MR) is 37.4 cm³/mol. The predicted octanol–water partition coefficient (Wildman–Crippen LogP) is 0.531. The van der Waals surface area contributed by atoms with Crippen LogP contribution in [0.1, 0.15) is 0 Å².